The fraction of sp³-hybridized carbons (Fsp3) is 0.639. The van der Waals surface area contributed by atoms with Gasteiger partial charge in [0.1, 0.15) is 29.8 Å². The zero-order valence-electron chi connectivity index (χ0n) is 28.7. The molecule has 3 N–H and O–H groups in total. The molecule has 3 aliphatic heterocycles. The Bertz CT molecular complexity index is 1670. The Hall–Kier alpha value is -4.14. The quantitative estimate of drug-likeness (QED) is 0.372. The molecule has 0 bridgehead atoms. The number of allylic oxidation sites excluding steroid dienone is 1. The third-order valence-corrected chi connectivity index (χ3v) is 12.9. The monoisotopic (exact) mass is 725 g/mol. The van der Waals surface area contributed by atoms with Crippen molar-refractivity contribution in [3.63, 3.8) is 0 Å². The summed E-state index contributed by atoms with van der Waals surface area (Å²) in [5, 5.41) is 4.97. The van der Waals surface area contributed by atoms with Gasteiger partial charge in [-0.15, -0.1) is 0 Å². The number of alkyl carbamates (subject to hydrolysis) is 1. The van der Waals surface area contributed by atoms with E-state index < -0.39 is 74.8 Å². The number of nitrogens with one attached hydrogen (secondary N) is 3. The Morgan fingerprint density at radius 2 is 1.59 bits per heavy atom. The van der Waals surface area contributed by atoms with Crippen LogP contribution in [0, 0.1) is 5.92 Å². The highest BCUT2D eigenvalue weighted by molar-refractivity contribution is 7.91. The van der Waals surface area contributed by atoms with E-state index in [1.54, 1.807) is 4.90 Å². The molecule has 1 aromatic carbocycles. The summed E-state index contributed by atoms with van der Waals surface area (Å²) in [6.07, 6.45) is 9.24. The van der Waals surface area contributed by atoms with Crippen LogP contribution in [0.25, 0.3) is 0 Å². The largest absolute Gasteiger partial charge is 0.446 e. The first-order valence-corrected chi connectivity index (χ1v) is 19.9. The molecule has 51 heavy (non-hydrogen) atoms. The first-order chi connectivity index (χ1) is 24.5. The van der Waals surface area contributed by atoms with Crippen molar-refractivity contribution in [3.05, 3.63) is 47.5 Å². The van der Waals surface area contributed by atoms with Crippen LogP contribution >= 0.6 is 0 Å². The Kier molecular flexibility index (Phi) is 10.0. The van der Waals surface area contributed by atoms with Crippen molar-refractivity contribution in [2.45, 2.75) is 132 Å². The zero-order valence-corrected chi connectivity index (χ0v) is 29.5. The van der Waals surface area contributed by atoms with Crippen molar-refractivity contribution in [3.8, 4) is 0 Å². The van der Waals surface area contributed by atoms with Crippen LogP contribution in [0.1, 0.15) is 94.6 Å². The van der Waals surface area contributed by atoms with E-state index in [2.05, 4.69) is 15.4 Å². The number of ether oxygens (including phenoxy) is 2. The number of amides is 5. The van der Waals surface area contributed by atoms with Crippen molar-refractivity contribution in [1.29, 1.82) is 0 Å². The molecule has 0 aromatic heterocycles. The Balaban J connectivity index is 1.12. The average molecular weight is 726 g/mol. The maximum Gasteiger partial charge on any atom is 0.410 e. The molecule has 5 amide bonds. The van der Waals surface area contributed by atoms with Gasteiger partial charge < -0.3 is 25.0 Å². The van der Waals surface area contributed by atoms with Gasteiger partial charge in [0.25, 0.3) is 5.91 Å². The number of hydrogen-bond donors (Lipinski definition) is 3. The van der Waals surface area contributed by atoms with Crippen molar-refractivity contribution in [2.24, 2.45) is 5.92 Å². The Morgan fingerprint density at radius 3 is 2.29 bits per heavy atom. The molecule has 14 nitrogen and oxygen atoms in total. The topological polar surface area (TPSA) is 181 Å². The number of rotatable bonds is 6. The lowest BCUT2D eigenvalue weighted by Gasteiger charge is -2.30. The van der Waals surface area contributed by atoms with Gasteiger partial charge in [0, 0.05) is 25.4 Å². The molecule has 276 valence electrons. The third-order valence-electron chi connectivity index (χ3n) is 11.1. The lowest BCUT2D eigenvalue weighted by Crippen LogP contribution is -2.58. The van der Waals surface area contributed by atoms with Crippen LogP contribution in [0.3, 0.4) is 0 Å². The van der Waals surface area contributed by atoms with Gasteiger partial charge in [0.2, 0.25) is 21.8 Å². The summed E-state index contributed by atoms with van der Waals surface area (Å²) in [7, 11) is -3.89. The molecule has 0 radical (unpaired) electrons. The van der Waals surface area contributed by atoms with Crippen LogP contribution in [0.15, 0.2) is 36.4 Å². The van der Waals surface area contributed by atoms with Gasteiger partial charge >= 0.3 is 12.2 Å². The minimum absolute atomic E-state index is 0.0398. The number of sulfonamides is 1. The van der Waals surface area contributed by atoms with Gasteiger partial charge in [0.15, 0.2) is 0 Å². The average Bonchev–Trinajstić information content (AvgIpc) is 3.88. The normalized spacial score (nSPS) is 29.9. The number of hydrogen-bond acceptors (Lipinski definition) is 9. The molecular formula is C36H47N5O9S. The lowest BCUT2D eigenvalue weighted by atomic mass is 10.0. The van der Waals surface area contributed by atoms with Crippen LogP contribution in [-0.4, -0.2) is 89.8 Å². The second-order valence-corrected chi connectivity index (χ2v) is 16.9. The van der Waals surface area contributed by atoms with Crippen molar-refractivity contribution in [2.75, 3.05) is 6.54 Å². The Labute approximate surface area is 298 Å². The minimum Gasteiger partial charge on any atom is -0.446 e. The number of carbonyl (C=O) groups excluding carboxylic acids is 5. The van der Waals surface area contributed by atoms with Gasteiger partial charge in [0.05, 0.1) is 11.8 Å². The maximum absolute atomic E-state index is 14.3. The van der Waals surface area contributed by atoms with E-state index >= 15 is 0 Å². The van der Waals surface area contributed by atoms with Crippen LogP contribution in [-0.2, 0) is 47.0 Å². The maximum atomic E-state index is 14.3. The SMILES string of the molecule is O=C(N[C@@H]1CCCCCC=C[C@@H]2C[C@@]2(C(=O)NS(=O)(=O)C2CC2)NC(=O)[C@@H]2C[C@@H](OC(=O)N3Cc4ccccc4C3)CN2C1=O)OC1CCCC1. The van der Waals surface area contributed by atoms with Gasteiger partial charge in [-0.25, -0.2) is 18.0 Å². The highest BCUT2D eigenvalue weighted by atomic mass is 32.2. The third kappa shape index (κ3) is 7.87. The summed E-state index contributed by atoms with van der Waals surface area (Å²) >= 11 is 0. The first-order valence-electron chi connectivity index (χ1n) is 18.4. The van der Waals surface area contributed by atoms with Crippen molar-refractivity contribution >= 4 is 39.9 Å². The fourth-order valence-corrected chi connectivity index (χ4v) is 9.22. The summed E-state index contributed by atoms with van der Waals surface area (Å²) in [6.45, 7) is 0.650. The smallest absolute Gasteiger partial charge is 0.410 e. The summed E-state index contributed by atoms with van der Waals surface area (Å²) in [6, 6.07) is 5.56. The molecule has 7 rings (SSSR count). The van der Waals surface area contributed by atoms with Crippen LogP contribution in [0.5, 0.6) is 0 Å². The van der Waals surface area contributed by atoms with E-state index in [9.17, 15) is 32.4 Å². The highest BCUT2D eigenvalue weighted by Gasteiger charge is 2.62. The first kappa shape index (κ1) is 35.3. The van der Waals surface area contributed by atoms with Gasteiger partial charge in [-0.1, -0.05) is 49.3 Å². The van der Waals surface area contributed by atoms with Gasteiger partial charge in [-0.05, 0) is 75.3 Å². The summed E-state index contributed by atoms with van der Waals surface area (Å²) in [5.74, 6) is -2.41. The number of fused-ring (bicyclic) bond motifs is 3. The molecule has 0 spiro atoms. The molecule has 3 saturated carbocycles. The molecule has 3 aliphatic carbocycles. The van der Waals surface area contributed by atoms with E-state index in [0.717, 1.165) is 49.7 Å². The number of benzene rings is 1. The molecule has 4 fully saturated rings. The molecule has 5 atom stereocenters. The highest BCUT2D eigenvalue weighted by Crippen LogP contribution is 2.46. The van der Waals surface area contributed by atoms with E-state index in [1.165, 1.54) is 4.90 Å². The van der Waals surface area contributed by atoms with Crippen molar-refractivity contribution < 1.29 is 41.9 Å². The fourth-order valence-electron chi connectivity index (χ4n) is 7.86. The van der Waals surface area contributed by atoms with E-state index in [1.807, 2.05) is 36.4 Å². The van der Waals surface area contributed by atoms with Crippen LogP contribution < -0.4 is 15.4 Å². The molecule has 15 heteroatoms. The molecular weight excluding hydrogens is 678 g/mol. The number of carbonyl (C=O) groups is 5. The standard InChI is InChI=1S/C36H47N5O9S/c42-31-30-18-27(50-35(46)40-20-23-10-6-7-11-24(23)21-40)22-41(30)32(43)29(37-34(45)49-26-13-8-9-14-26)15-5-3-1-2-4-12-25-19-36(25,38-31)33(44)39-51(47,48)28-16-17-28/h4,6-7,10-12,25-30H,1-3,5,8-9,13-22H2,(H,37,45)(H,38,42)(H,39,44)/t25-,27-,29-,30+,36-/m1/s1. The molecule has 6 aliphatic rings. The Morgan fingerprint density at radius 1 is 0.882 bits per heavy atom. The summed E-state index contributed by atoms with van der Waals surface area (Å²) in [5.41, 5.74) is 0.520. The second kappa shape index (κ2) is 14.5. The van der Waals surface area contributed by atoms with E-state index in [-0.39, 0.29) is 25.5 Å². The van der Waals surface area contributed by atoms with Gasteiger partial charge in [-0.2, -0.15) is 0 Å². The van der Waals surface area contributed by atoms with Gasteiger partial charge in [-0.3, -0.25) is 24.0 Å². The van der Waals surface area contributed by atoms with E-state index in [4.69, 9.17) is 9.47 Å². The predicted molar refractivity (Wildman–Crippen MR) is 183 cm³/mol. The molecule has 1 aromatic rings. The van der Waals surface area contributed by atoms with Crippen LogP contribution in [0.4, 0.5) is 9.59 Å². The van der Waals surface area contributed by atoms with E-state index in [0.29, 0.717) is 45.2 Å². The second-order valence-electron chi connectivity index (χ2n) is 14.9. The zero-order chi connectivity index (χ0) is 35.8. The molecule has 1 saturated heterocycles. The van der Waals surface area contributed by atoms with Crippen molar-refractivity contribution in [1.82, 2.24) is 25.2 Å². The van der Waals surface area contributed by atoms with Crippen LogP contribution in [0.2, 0.25) is 0 Å². The minimum atomic E-state index is -3.89. The molecule has 3 heterocycles. The summed E-state index contributed by atoms with van der Waals surface area (Å²) in [4.78, 5) is 71.4. The predicted octanol–water partition coefficient (Wildman–Crippen LogP) is 3.15. The molecule has 0 unspecified atom stereocenters. The lowest BCUT2D eigenvalue weighted by molar-refractivity contribution is -0.141. The summed E-state index contributed by atoms with van der Waals surface area (Å²) < 4.78 is 39.3. The number of nitrogens with zero attached hydrogens (tertiary/aromatic N) is 2.